The number of anilines is 3. The number of benzene rings is 9. The predicted octanol–water partition coefficient (Wildman–Crippen LogP) is 14.5. The van der Waals surface area contributed by atoms with E-state index in [9.17, 15) is 0 Å². The first-order chi connectivity index (χ1) is 29.3. The number of hydrogen-bond donors (Lipinski definition) is 0. The lowest BCUT2D eigenvalue weighted by atomic mass is 9.68. The summed E-state index contributed by atoms with van der Waals surface area (Å²) in [6.45, 7) is 0. The first kappa shape index (κ1) is 33.3. The molecule has 59 heavy (non-hydrogen) atoms. The third kappa shape index (κ3) is 4.96. The van der Waals surface area contributed by atoms with E-state index in [1.807, 2.05) is 6.07 Å². The lowest BCUT2D eigenvalue weighted by molar-refractivity contribution is 0.360. The molecule has 12 rings (SSSR count). The number of fused-ring (bicyclic) bond motifs is 9. The van der Waals surface area contributed by atoms with Gasteiger partial charge in [0.05, 0.1) is 22.1 Å². The van der Waals surface area contributed by atoms with Crippen molar-refractivity contribution in [3.63, 3.8) is 0 Å². The van der Waals surface area contributed by atoms with Gasteiger partial charge in [0.25, 0.3) is 0 Å². The molecule has 2 heterocycles. The first-order valence-electron chi connectivity index (χ1n) is 20.1. The zero-order valence-corrected chi connectivity index (χ0v) is 32.0. The minimum Gasteiger partial charge on any atom is -0.449 e. The number of aromatic nitrogens is 1. The van der Waals surface area contributed by atoms with Gasteiger partial charge in [-0.2, -0.15) is 0 Å². The molecule has 0 unspecified atom stereocenters. The van der Waals surface area contributed by atoms with Crippen LogP contribution in [0.15, 0.2) is 218 Å². The molecule has 0 fully saturated rings. The highest BCUT2D eigenvalue weighted by molar-refractivity contribution is 6.10. The second-order valence-electron chi connectivity index (χ2n) is 15.2. The van der Waals surface area contributed by atoms with Crippen LogP contribution in [0.5, 0.6) is 23.0 Å². The summed E-state index contributed by atoms with van der Waals surface area (Å²) in [5, 5.41) is 2.43. The van der Waals surface area contributed by atoms with Crippen molar-refractivity contribution in [2.45, 2.75) is 5.41 Å². The van der Waals surface area contributed by atoms with Gasteiger partial charge in [0.2, 0.25) is 0 Å². The van der Waals surface area contributed by atoms with Crippen LogP contribution in [0.4, 0.5) is 17.1 Å². The number of hydrogen-bond acceptors (Lipinski definition) is 3. The Morgan fingerprint density at radius 2 is 0.983 bits per heavy atom. The fourth-order valence-corrected chi connectivity index (χ4v) is 9.67. The van der Waals surface area contributed by atoms with Crippen molar-refractivity contribution in [3.05, 3.63) is 241 Å². The third-order valence-corrected chi connectivity index (χ3v) is 12.1. The molecule has 0 amide bonds. The Bertz CT molecular complexity index is 3170. The summed E-state index contributed by atoms with van der Waals surface area (Å²) in [4.78, 5) is 2.29. The van der Waals surface area contributed by atoms with E-state index in [-0.39, 0.29) is 0 Å². The van der Waals surface area contributed by atoms with Crippen LogP contribution in [0.25, 0.3) is 38.6 Å². The van der Waals surface area contributed by atoms with Crippen molar-refractivity contribution < 1.29 is 9.47 Å². The molecular weight excluding hydrogens is 721 g/mol. The highest BCUT2D eigenvalue weighted by atomic mass is 16.6. The SMILES string of the molecule is c1ccc(N(c2ccc3c(c2)Oc2ccc4c(c2O3)-c2ccccc2C4(c2ccccc2)c2ccccc2)c2ccc3c4ccccc4n(-c4ccccc4)c3c2)cc1. The minimum absolute atomic E-state index is 0.527. The highest BCUT2D eigenvalue weighted by Gasteiger charge is 2.48. The van der Waals surface area contributed by atoms with Gasteiger partial charge in [0.15, 0.2) is 23.0 Å². The minimum atomic E-state index is -0.527. The molecule has 2 aliphatic rings. The Labute approximate surface area is 342 Å². The normalized spacial score (nSPS) is 13.2. The second-order valence-corrected chi connectivity index (χ2v) is 15.2. The molecule has 0 bridgehead atoms. The standard InChI is InChI=1S/C55H36N2O2/c1-5-17-37(18-6-1)55(38-19-7-2-8-20-38)46-27-15-13-26-45(46)53-47(55)32-34-51-54(53)59-50-33-30-42(36-52(50)58-51)56(39-21-9-3-10-22-39)41-29-31-44-43-25-14-16-28-48(43)57(49(44)35-41)40-23-11-4-12-24-40/h1-36H. The number of para-hydroxylation sites is 3. The number of nitrogens with zero attached hydrogens (tertiary/aromatic N) is 2. The van der Waals surface area contributed by atoms with Crippen LogP contribution in [0.1, 0.15) is 22.3 Å². The largest absolute Gasteiger partial charge is 0.449 e. The summed E-state index contributed by atoms with van der Waals surface area (Å²) in [6.07, 6.45) is 0. The van der Waals surface area contributed by atoms with Gasteiger partial charge in [0.1, 0.15) is 0 Å². The summed E-state index contributed by atoms with van der Waals surface area (Å²) < 4.78 is 16.2. The number of ether oxygens (including phenoxy) is 2. The van der Waals surface area contributed by atoms with Crippen LogP contribution in [0, 0.1) is 0 Å². The summed E-state index contributed by atoms with van der Waals surface area (Å²) in [7, 11) is 0. The van der Waals surface area contributed by atoms with Crippen molar-refractivity contribution >= 4 is 38.9 Å². The Morgan fingerprint density at radius 3 is 1.75 bits per heavy atom. The van der Waals surface area contributed by atoms with Crippen molar-refractivity contribution in [2.75, 3.05) is 4.90 Å². The zero-order chi connectivity index (χ0) is 38.9. The molecule has 0 radical (unpaired) electrons. The van der Waals surface area contributed by atoms with Gasteiger partial charge in [-0.05, 0) is 88.5 Å². The van der Waals surface area contributed by atoms with E-state index in [0.717, 1.165) is 45.1 Å². The van der Waals surface area contributed by atoms with Crippen LogP contribution in [0.3, 0.4) is 0 Å². The molecule has 1 aliphatic carbocycles. The summed E-state index contributed by atoms with van der Waals surface area (Å²) in [5.41, 5.74) is 13.0. The van der Waals surface area contributed by atoms with Crippen molar-refractivity contribution in [1.82, 2.24) is 4.57 Å². The maximum absolute atomic E-state index is 7.00. The fourth-order valence-electron chi connectivity index (χ4n) is 9.67. The highest BCUT2D eigenvalue weighted by Crippen LogP contribution is 2.62. The van der Waals surface area contributed by atoms with Crippen LogP contribution in [0.2, 0.25) is 0 Å². The summed E-state index contributed by atoms with van der Waals surface area (Å²) >= 11 is 0. The Hall–Kier alpha value is -7.82. The van der Waals surface area contributed by atoms with E-state index in [1.54, 1.807) is 0 Å². The van der Waals surface area contributed by atoms with E-state index in [4.69, 9.17) is 9.47 Å². The van der Waals surface area contributed by atoms with Crippen LogP contribution < -0.4 is 14.4 Å². The topological polar surface area (TPSA) is 26.6 Å². The fraction of sp³-hybridized carbons (Fsp3) is 0.0182. The molecule has 0 saturated carbocycles. The predicted molar refractivity (Wildman–Crippen MR) is 239 cm³/mol. The van der Waals surface area contributed by atoms with Crippen LogP contribution >= 0.6 is 0 Å². The van der Waals surface area contributed by atoms with Crippen LogP contribution in [-0.2, 0) is 5.41 Å². The van der Waals surface area contributed by atoms with Crippen LogP contribution in [-0.4, -0.2) is 4.57 Å². The molecule has 1 aliphatic heterocycles. The van der Waals surface area contributed by atoms with Crippen molar-refractivity contribution in [3.8, 4) is 39.8 Å². The summed E-state index contributed by atoms with van der Waals surface area (Å²) in [6, 6.07) is 77.5. The molecule has 1 aromatic heterocycles. The smallest absolute Gasteiger partial charge is 0.178 e. The van der Waals surface area contributed by atoms with E-state index < -0.39 is 5.41 Å². The Kier molecular flexibility index (Phi) is 7.41. The lowest BCUT2D eigenvalue weighted by Gasteiger charge is -2.34. The van der Waals surface area contributed by atoms with Crippen molar-refractivity contribution in [1.29, 1.82) is 0 Å². The molecule has 9 aromatic carbocycles. The lowest BCUT2D eigenvalue weighted by Crippen LogP contribution is -2.28. The molecule has 0 saturated heterocycles. The molecule has 0 atom stereocenters. The Balaban J connectivity index is 0.999. The maximum atomic E-state index is 7.00. The Morgan fingerprint density at radius 1 is 0.390 bits per heavy atom. The van der Waals surface area contributed by atoms with Gasteiger partial charge in [-0.15, -0.1) is 0 Å². The molecule has 4 nitrogen and oxygen atoms in total. The van der Waals surface area contributed by atoms with E-state index in [2.05, 4.69) is 222 Å². The molecule has 4 heteroatoms. The average molecular weight is 757 g/mol. The first-order valence-corrected chi connectivity index (χ1v) is 20.1. The van der Waals surface area contributed by atoms with E-state index in [0.29, 0.717) is 17.2 Å². The summed E-state index contributed by atoms with van der Waals surface area (Å²) in [5.74, 6) is 2.78. The third-order valence-electron chi connectivity index (χ3n) is 12.1. The monoisotopic (exact) mass is 756 g/mol. The number of rotatable bonds is 6. The molecule has 0 N–H and O–H groups in total. The molecule has 278 valence electrons. The quantitative estimate of drug-likeness (QED) is 0.169. The molecular formula is C55H36N2O2. The maximum Gasteiger partial charge on any atom is 0.178 e. The van der Waals surface area contributed by atoms with Crippen molar-refractivity contribution in [2.24, 2.45) is 0 Å². The van der Waals surface area contributed by atoms with E-state index >= 15 is 0 Å². The van der Waals surface area contributed by atoms with Gasteiger partial charge in [0, 0.05) is 39.5 Å². The molecule has 0 spiro atoms. The second kappa shape index (κ2) is 13.1. The van der Waals surface area contributed by atoms with Gasteiger partial charge in [-0.3, -0.25) is 0 Å². The van der Waals surface area contributed by atoms with Gasteiger partial charge in [-0.1, -0.05) is 152 Å². The van der Waals surface area contributed by atoms with Gasteiger partial charge < -0.3 is 18.9 Å². The molecule has 10 aromatic rings. The van der Waals surface area contributed by atoms with Gasteiger partial charge >= 0.3 is 0 Å². The van der Waals surface area contributed by atoms with Gasteiger partial charge in [-0.25, -0.2) is 0 Å². The van der Waals surface area contributed by atoms with E-state index in [1.165, 1.54) is 38.5 Å². The average Bonchev–Trinajstić information content (AvgIpc) is 3.80. The zero-order valence-electron chi connectivity index (χ0n) is 32.0.